The number of sulfonamides is 1. The topological polar surface area (TPSA) is 55.4 Å². The molecule has 0 radical (unpaired) electrons. The molecule has 0 aromatic heterocycles. The van der Waals surface area contributed by atoms with Crippen molar-refractivity contribution in [3.63, 3.8) is 0 Å². The third-order valence-corrected chi connectivity index (χ3v) is 3.38. The number of hydrogen-bond donors (Lipinski definition) is 1. The highest BCUT2D eigenvalue weighted by Gasteiger charge is 2.11. The zero-order chi connectivity index (χ0) is 11.9. The number of hydrogen-bond acceptors (Lipinski definition) is 3. The number of ether oxygens (including phenoxy) is 1. The molecule has 0 aliphatic heterocycles. The van der Waals surface area contributed by atoms with Gasteiger partial charge in [0.05, 0.1) is 17.8 Å². The molecular formula is C11H15NO3S. The van der Waals surface area contributed by atoms with Gasteiger partial charge >= 0.3 is 0 Å². The van der Waals surface area contributed by atoms with E-state index in [1.54, 1.807) is 30.3 Å². The quantitative estimate of drug-likeness (QED) is 0.581. The first-order chi connectivity index (χ1) is 7.67. The lowest BCUT2D eigenvalue weighted by Crippen LogP contribution is -2.25. The maximum Gasteiger partial charge on any atom is 0.240 e. The van der Waals surface area contributed by atoms with Crippen molar-refractivity contribution in [2.45, 2.75) is 11.3 Å². The highest BCUT2D eigenvalue weighted by Crippen LogP contribution is 2.06. The van der Waals surface area contributed by atoms with Crippen molar-refractivity contribution in [2.75, 3.05) is 13.2 Å². The lowest BCUT2D eigenvalue weighted by molar-refractivity contribution is 0.247. The molecule has 1 N–H and O–H groups in total. The molecule has 0 unspecified atom stereocenters. The molecule has 0 heterocycles. The summed E-state index contributed by atoms with van der Waals surface area (Å²) >= 11 is 0. The molecule has 1 aromatic carbocycles. The summed E-state index contributed by atoms with van der Waals surface area (Å²) in [4.78, 5) is 0.277. The van der Waals surface area contributed by atoms with E-state index >= 15 is 0 Å². The minimum atomic E-state index is -3.38. The number of rotatable bonds is 7. The van der Waals surface area contributed by atoms with Crippen LogP contribution in [-0.2, 0) is 14.8 Å². The molecule has 0 spiro atoms. The Morgan fingerprint density at radius 1 is 1.31 bits per heavy atom. The predicted octanol–water partition coefficient (Wildman–Crippen LogP) is 1.52. The third kappa shape index (κ3) is 4.04. The molecule has 1 rings (SSSR count). The molecule has 0 aliphatic carbocycles. The lowest BCUT2D eigenvalue weighted by atomic mass is 10.4. The Hall–Kier alpha value is -1.33. The summed E-state index contributed by atoms with van der Waals surface area (Å²) in [5.74, 6) is 0. The smallest absolute Gasteiger partial charge is 0.240 e. The van der Waals surface area contributed by atoms with Crippen LogP contribution in [0.5, 0.6) is 0 Å². The molecule has 0 atom stereocenters. The van der Waals surface area contributed by atoms with Crippen molar-refractivity contribution in [2.24, 2.45) is 0 Å². The van der Waals surface area contributed by atoms with Crippen LogP contribution in [0.1, 0.15) is 6.42 Å². The van der Waals surface area contributed by atoms with Gasteiger partial charge < -0.3 is 4.74 Å². The van der Waals surface area contributed by atoms with Gasteiger partial charge in [-0.05, 0) is 18.6 Å². The summed E-state index contributed by atoms with van der Waals surface area (Å²) < 4.78 is 30.8. The van der Waals surface area contributed by atoms with E-state index in [1.165, 1.54) is 6.26 Å². The van der Waals surface area contributed by atoms with Crippen molar-refractivity contribution in [3.8, 4) is 0 Å². The molecule has 0 bridgehead atoms. The predicted molar refractivity (Wildman–Crippen MR) is 62.4 cm³/mol. The Labute approximate surface area is 96.0 Å². The summed E-state index contributed by atoms with van der Waals surface area (Å²) in [7, 11) is -3.38. The van der Waals surface area contributed by atoms with Gasteiger partial charge in [0.2, 0.25) is 10.0 Å². The number of benzene rings is 1. The Morgan fingerprint density at radius 2 is 2.00 bits per heavy atom. The van der Waals surface area contributed by atoms with Crippen LogP contribution in [0.25, 0.3) is 0 Å². The Morgan fingerprint density at radius 3 is 2.62 bits per heavy atom. The summed E-state index contributed by atoms with van der Waals surface area (Å²) in [6, 6.07) is 8.27. The van der Waals surface area contributed by atoms with Crippen LogP contribution in [0.15, 0.2) is 48.1 Å². The number of nitrogens with one attached hydrogen (secondary N) is 1. The van der Waals surface area contributed by atoms with Crippen molar-refractivity contribution >= 4 is 10.0 Å². The van der Waals surface area contributed by atoms with Gasteiger partial charge in [0, 0.05) is 6.54 Å². The summed E-state index contributed by atoms with van der Waals surface area (Å²) in [5, 5.41) is 0. The second-order valence-electron chi connectivity index (χ2n) is 3.10. The Bertz CT molecular complexity index is 414. The maximum atomic E-state index is 11.7. The largest absolute Gasteiger partial charge is 0.502 e. The van der Waals surface area contributed by atoms with Crippen molar-refractivity contribution in [1.29, 1.82) is 0 Å². The van der Waals surface area contributed by atoms with Crippen molar-refractivity contribution in [3.05, 3.63) is 43.2 Å². The minimum Gasteiger partial charge on any atom is -0.502 e. The van der Waals surface area contributed by atoms with Gasteiger partial charge in [0.15, 0.2) is 0 Å². The van der Waals surface area contributed by atoms with Gasteiger partial charge in [0.25, 0.3) is 0 Å². The van der Waals surface area contributed by atoms with E-state index < -0.39 is 10.0 Å². The van der Waals surface area contributed by atoms with Crippen LogP contribution in [0.3, 0.4) is 0 Å². The molecule has 5 heteroatoms. The van der Waals surface area contributed by atoms with Crippen molar-refractivity contribution in [1.82, 2.24) is 4.72 Å². The molecule has 4 nitrogen and oxygen atoms in total. The highest BCUT2D eigenvalue weighted by molar-refractivity contribution is 7.89. The SMILES string of the molecule is C=COCCCNS(=O)(=O)c1ccccc1. The molecule has 0 saturated carbocycles. The van der Waals surface area contributed by atoms with Crippen LogP contribution in [-0.4, -0.2) is 21.6 Å². The van der Waals surface area contributed by atoms with Crippen LogP contribution < -0.4 is 4.72 Å². The van der Waals surface area contributed by atoms with E-state index in [0.717, 1.165) is 0 Å². The van der Waals surface area contributed by atoms with E-state index in [2.05, 4.69) is 11.3 Å². The van der Waals surface area contributed by atoms with E-state index in [9.17, 15) is 8.42 Å². The highest BCUT2D eigenvalue weighted by atomic mass is 32.2. The zero-order valence-corrected chi connectivity index (χ0v) is 9.74. The van der Waals surface area contributed by atoms with Gasteiger partial charge in [-0.1, -0.05) is 24.8 Å². The summed E-state index contributed by atoms with van der Waals surface area (Å²) in [5.41, 5.74) is 0. The average molecular weight is 241 g/mol. The van der Waals surface area contributed by atoms with Gasteiger partial charge in [-0.25, -0.2) is 13.1 Å². The first-order valence-electron chi connectivity index (χ1n) is 4.94. The first kappa shape index (κ1) is 12.7. The van der Waals surface area contributed by atoms with Gasteiger partial charge in [-0.15, -0.1) is 0 Å². The van der Waals surface area contributed by atoms with Crippen LogP contribution >= 0.6 is 0 Å². The lowest BCUT2D eigenvalue weighted by Gasteiger charge is -2.06. The maximum absolute atomic E-state index is 11.7. The normalized spacial score (nSPS) is 11.0. The molecule has 88 valence electrons. The monoisotopic (exact) mass is 241 g/mol. The Kier molecular flexibility index (Phi) is 5.01. The molecular weight excluding hydrogens is 226 g/mol. The van der Waals surface area contributed by atoms with Crippen LogP contribution in [0, 0.1) is 0 Å². The second kappa shape index (κ2) is 6.30. The summed E-state index contributed by atoms with van der Waals surface area (Å²) in [6.07, 6.45) is 1.95. The fraction of sp³-hybridized carbons (Fsp3) is 0.273. The molecule has 0 aliphatic rings. The fourth-order valence-electron chi connectivity index (χ4n) is 1.13. The molecule has 0 saturated heterocycles. The third-order valence-electron chi connectivity index (χ3n) is 1.90. The first-order valence-corrected chi connectivity index (χ1v) is 6.42. The zero-order valence-electron chi connectivity index (χ0n) is 8.93. The molecule has 16 heavy (non-hydrogen) atoms. The van der Waals surface area contributed by atoms with E-state index in [-0.39, 0.29) is 4.90 Å². The van der Waals surface area contributed by atoms with Crippen molar-refractivity contribution < 1.29 is 13.2 Å². The second-order valence-corrected chi connectivity index (χ2v) is 4.87. The Balaban J connectivity index is 2.44. The minimum absolute atomic E-state index is 0.277. The summed E-state index contributed by atoms with van der Waals surface area (Å²) in [6.45, 7) is 4.21. The molecule has 0 fully saturated rings. The molecule has 1 aromatic rings. The van der Waals surface area contributed by atoms with Crippen LogP contribution in [0.4, 0.5) is 0 Å². The van der Waals surface area contributed by atoms with Gasteiger partial charge in [-0.2, -0.15) is 0 Å². The average Bonchev–Trinajstić information content (AvgIpc) is 2.30. The molecule has 0 amide bonds. The fourth-order valence-corrected chi connectivity index (χ4v) is 2.22. The standard InChI is InChI=1S/C11H15NO3S/c1-2-15-10-6-9-12-16(13,14)11-7-4-3-5-8-11/h2-5,7-8,12H,1,6,9-10H2. The van der Waals surface area contributed by atoms with Crippen LogP contribution in [0.2, 0.25) is 0 Å². The van der Waals surface area contributed by atoms with E-state index in [4.69, 9.17) is 4.74 Å². The van der Waals surface area contributed by atoms with Gasteiger partial charge in [0.1, 0.15) is 0 Å². The van der Waals surface area contributed by atoms with E-state index in [0.29, 0.717) is 19.6 Å². The van der Waals surface area contributed by atoms with Gasteiger partial charge in [-0.3, -0.25) is 0 Å². The van der Waals surface area contributed by atoms with E-state index in [1.807, 2.05) is 0 Å².